The maximum atomic E-state index is 11.7. The average molecular weight is 250 g/mol. The molecule has 1 fully saturated rings. The molecular weight excluding hydrogens is 232 g/mol. The van der Waals surface area contributed by atoms with Crippen molar-refractivity contribution in [1.82, 2.24) is 10.3 Å². The van der Waals surface area contributed by atoms with E-state index in [1.807, 2.05) is 13.8 Å². The van der Waals surface area contributed by atoms with Crippen molar-refractivity contribution in [1.29, 1.82) is 0 Å². The van der Waals surface area contributed by atoms with E-state index in [0.29, 0.717) is 17.6 Å². The summed E-state index contributed by atoms with van der Waals surface area (Å²) in [6.45, 7) is 3.81. The summed E-state index contributed by atoms with van der Waals surface area (Å²) >= 11 is 0. The first-order valence-electron chi connectivity index (χ1n) is 6.15. The molecule has 5 heteroatoms. The molecule has 0 saturated heterocycles. The lowest BCUT2D eigenvalue weighted by atomic mass is 10.3. The highest BCUT2D eigenvalue weighted by molar-refractivity contribution is 5.94. The predicted molar refractivity (Wildman–Crippen MR) is 67.0 cm³/mol. The molecule has 2 rings (SSSR count). The first-order valence-corrected chi connectivity index (χ1v) is 6.15. The fourth-order valence-electron chi connectivity index (χ4n) is 1.50. The number of carbonyl (C=O) groups excluding carboxylic acids is 1. The second-order valence-corrected chi connectivity index (χ2v) is 4.58. The van der Waals surface area contributed by atoms with Gasteiger partial charge in [0.15, 0.2) is 11.4 Å². The number of nitrogens with one attached hydrogen (secondary N) is 1. The zero-order chi connectivity index (χ0) is 13.1. The summed E-state index contributed by atoms with van der Waals surface area (Å²) < 4.78 is 11.2. The molecule has 1 N–H and O–H groups in total. The van der Waals surface area contributed by atoms with E-state index in [0.717, 1.165) is 12.8 Å². The summed E-state index contributed by atoms with van der Waals surface area (Å²) in [4.78, 5) is 15.8. The van der Waals surface area contributed by atoms with Gasteiger partial charge in [-0.05, 0) is 26.7 Å². The lowest BCUT2D eigenvalue weighted by Gasteiger charge is -2.14. The van der Waals surface area contributed by atoms with E-state index in [1.165, 1.54) is 0 Å². The van der Waals surface area contributed by atoms with Crippen LogP contribution in [0.5, 0.6) is 11.5 Å². The maximum absolute atomic E-state index is 11.7. The van der Waals surface area contributed by atoms with Crippen LogP contribution >= 0.6 is 0 Å². The van der Waals surface area contributed by atoms with Crippen molar-refractivity contribution >= 4 is 5.91 Å². The van der Waals surface area contributed by atoms with Gasteiger partial charge >= 0.3 is 0 Å². The van der Waals surface area contributed by atoms with Gasteiger partial charge in [-0.1, -0.05) is 0 Å². The molecule has 0 radical (unpaired) electrons. The Labute approximate surface area is 107 Å². The monoisotopic (exact) mass is 250 g/mol. The lowest BCUT2D eigenvalue weighted by Crippen LogP contribution is -2.21. The first kappa shape index (κ1) is 12.7. The second-order valence-electron chi connectivity index (χ2n) is 4.58. The van der Waals surface area contributed by atoms with Crippen molar-refractivity contribution in [2.75, 3.05) is 7.05 Å². The van der Waals surface area contributed by atoms with Crippen LogP contribution in [0.2, 0.25) is 0 Å². The van der Waals surface area contributed by atoms with Gasteiger partial charge < -0.3 is 14.8 Å². The van der Waals surface area contributed by atoms with Gasteiger partial charge in [0.25, 0.3) is 5.91 Å². The molecule has 0 aliphatic heterocycles. The van der Waals surface area contributed by atoms with Crippen LogP contribution in [0.1, 0.15) is 37.2 Å². The molecule has 0 unspecified atom stereocenters. The highest BCUT2D eigenvalue weighted by atomic mass is 16.5. The van der Waals surface area contributed by atoms with Crippen molar-refractivity contribution in [3.05, 3.63) is 18.0 Å². The predicted octanol–water partition coefficient (Wildman–Crippen LogP) is 1.77. The van der Waals surface area contributed by atoms with Crippen LogP contribution < -0.4 is 14.8 Å². The van der Waals surface area contributed by atoms with E-state index in [2.05, 4.69) is 10.3 Å². The quantitative estimate of drug-likeness (QED) is 0.865. The summed E-state index contributed by atoms with van der Waals surface area (Å²) in [5, 5.41) is 2.55. The summed E-state index contributed by atoms with van der Waals surface area (Å²) in [5.41, 5.74) is 0.286. The van der Waals surface area contributed by atoms with Crippen LogP contribution in [0.4, 0.5) is 0 Å². The third kappa shape index (κ3) is 3.12. The van der Waals surface area contributed by atoms with Gasteiger partial charge in [-0.3, -0.25) is 4.79 Å². The molecule has 1 aliphatic rings. The Bertz CT molecular complexity index is 442. The molecule has 5 nitrogen and oxygen atoms in total. The van der Waals surface area contributed by atoms with E-state index >= 15 is 0 Å². The van der Waals surface area contributed by atoms with Gasteiger partial charge in [0.2, 0.25) is 0 Å². The van der Waals surface area contributed by atoms with Crippen LogP contribution in [-0.2, 0) is 0 Å². The Balaban J connectivity index is 2.24. The molecule has 0 bridgehead atoms. The molecule has 0 aromatic carbocycles. The fourth-order valence-corrected chi connectivity index (χ4v) is 1.50. The largest absolute Gasteiger partial charge is 0.489 e. The van der Waals surface area contributed by atoms with Gasteiger partial charge in [0, 0.05) is 13.1 Å². The third-order valence-corrected chi connectivity index (χ3v) is 2.46. The zero-order valence-electron chi connectivity index (χ0n) is 10.9. The van der Waals surface area contributed by atoms with Gasteiger partial charge in [-0.15, -0.1) is 0 Å². The Kier molecular flexibility index (Phi) is 3.69. The number of pyridine rings is 1. The molecule has 98 valence electrons. The van der Waals surface area contributed by atoms with Gasteiger partial charge in [0.1, 0.15) is 5.75 Å². The first-order chi connectivity index (χ1) is 8.60. The smallest absolute Gasteiger partial charge is 0.273 e. The third-order valence-electron chi connectivity index (χ3n) is 2.46. The molecule has 0 spiro atoms. The minimum atomic E-state index is -0.261. The van der Waals surface area contributed by atoms with Crippen molar-refractivity contribution in [2.24, 2.45) is 0 Å². The number of amides is 1. The minimum Gasteiger partial charge on any atom is -0.489 e. The molecule has 18 heavy (non-hydrogen) atoms. The lowest BCUT2D eigenvalue weighted by molar-refractivity contribution is 0.0951. The summed E-state index contributed by atoms with van der Waals surface area (Å²) in [6, 6.07) is 1.73. The van der Waals surface area contributed by atoms with E-state index in [1.54, 1.807) is 19.3 Å². The molecule has 1 heterocycles. The molecule has 0 atom stereocenters. The number of hydrogen-bond acceptors (Lipinski definition) is 4. The van der Waals surface area contributed by atoms with Gasteiger partial charge in [-0.2, -0.15) is 0 Å². The molecular formula is C13H18N2O3. The minimum absolute atomic E-state index is 0.0219. The van der Waals surface area contributed by atoms with E-state index in [9.17, 15) is 4.79 Å². The number of rotatable bonds is 5. The van der Waals surface area contributed by atoms with Crippen LogP contribution in [0.15, 0.2) is 12.3 Å². The van der Waals surface area contributed by atoms with Crippen molar-refractivity contribution in [2.45, 2.75) is 38.9 Å². The average Bonchev–Trinajstić information content (AvgIpc) is 3.11. The number of hydrogen-bond donors (Lipinski definition) is 1. The SMILES string of the molecule is CNC(=O)c1ncc(OC2CC2)cc1OC(C)C. The molecule has 1 aromatic rings. The van der Waals surface area contributed by atoms with Gasteiger partial charge in [0.05, 0.1) is 18.4 Å². The molecule has 1 aliphatic carbocycles. The maximum Gasteiger partial charge on any atom is 0.273 e. The second kappa shape index (κ2) is 5.25. The Morgan fingerprint density at radius 1 is 1.50 bits per heavy atom. The molecule has 1 saturated carbocycles. The Morgan fingerprint density at radius 2 is 2.22 bits per heavy atom. The van der Waals surface area contributed by atoms with Crippen LogP contribution in [0, 0.1) is 0 Å². The van der Waals surface area contributed by atoms with Crippen molar-refractivity contribution < 1.29 is 14.3 Å². The normalized spacial score (nSPS) is 14.4. The summed E-state index contributed by atoms with van der Waals surface area (Å²) in [7, 11) is 1.57. The van der Waals surface area contributed by atoms with E-state index < -0.39 is 0 Å². The highest BCUT2D eigenvalue weighted by Gasteiger charge is 2.24. The Morgan fingerprint density at radius 3 is 2.78 bits per heavy atom. The zero-order valence-corrected chi connectivity index (χ0v) is 10.9. The molecule has 1 amide bonds. The Hall–Kier alpha value is -1.78. The van der Waals surface area contributed by atoms with Gasteiger partial charge in [-0.25, -0.2) is 4.98 Å². The number of aromatic nitrogens is 1. The van der Waals surface area contributed by atoms with Crippen molar-refractivity contribution in [3.8, 4) is 11.5 Å². The standard InChI is InChI=1S/C13H18N2O3/c1-8(2)17-11-6-10(18-9-4-5-9)7-15-12(11)13(16)14-3/h6-9H,4-5H2,1-3H3,(H,14,16). The van der Waals surface area contributed by atoms with Crippen LogP contribution in [0.25, 0.3) is 0 Å². The number of nitrogens with zero attached hydrogens (tertiary/aromatic N) is 1. The van der Waals surface area contributed by atoms with Crippen LogP contribution in [0.3, 0.4) is 0 Å². The fraction of sp³-hybridized carbons (Fsp3) is 0.538. The molecule has 1 aromatic heterocycles. The summed E-state index contributed by atoms with van der Waals surface area (Å²) in [6.07, 6.45) is 4.00. The number of carbonyl (C=O) groups is 1. The topological polar surface area (TPSA) is 60.5 Å². The highest BCUT2D eigenvalue weighted by Crippen LogP contribution is 2.30. The summed E-state index contributed by atoms with van der Waals surface area (Å²) in [5.74, 6) is 0.854. The van der Waals surface area contributed by atoms with E-state index in [4.69, 9.17) is 9.47 Å². The van der Waals surface area contributed by atoms with E-state index in [-0.39, 0.29) is 17.7 Å². The van der Waals surface area contributed by atoms with Crippen molar-refractivity contribution in [3.63, 3.8) is 0 Å². The number of ether oxygens (including phenoxy) is 2. The van der Waals surface area contributed by atoms with Crippen LogP contribution in [-0.4, -0.2) is 30.1 Å².